The van der Waals surface area contributed by atoms with Crippen LogP contribution in [0.25, 0.3) is 0 Å². The van der Waals surface area contributed by atoms with Crippen LogP contribution < -0.4 is 11.1 Å². The Labute approximate surface area is 103 Å². The number of rotatable bonds is 3. The van der Waals surface area contributed by atoms with Gasteiger partial charge in [-0.05, 0) is 44.7 Å². The fraction of sp³-hybridized carbons (Fsp3) is 0.667. The van der Waals surface area contributed by atoms with Crippen LogP contribution in [-0.4, -0.2) is 12.1 Å². The zero-order valence-electron chi connectivity index (χ0n) is 9.69. The molecule has 0 amide bonds. The largest absolute Gasteiger partial charge is 0.468 e. The van der Waals surface area contributed by atoms with Gasteiger partial charge >= 0.3 is 0 Å². The van der Waals surface area contributed by atoms with E-state index < -0.39 is 0 Å². The second-order valence-corrected chi connectivity index (χ2v) is 4.52. The molecule has 1 heterocycles. The topological polar surface area (TPSA) is 51.2 Å². The number of hydrogen-bond donors (Lipinski definition) is 2. The van der Waals surface area contributed by atoms with Gasteiger partial charge in [-0.3, -0.25) is 0 Å². The van der Waals surface area contributed by atoms with Crippen LogP contribution in [0.1, 0.15) is 44.4 Å². The first kappa shape index (κ1) is 13.6. The number of nitrogens with two attached hydrogens (primary N) is 1. The highest BCUT2D eigenvalue weighted by Gasteiger charge is 2.20. The molecule has 0 saturated heterocycles. The molecule has 1 atom stereocenters. The van der Waals surface area contributed by atoms with Gasteiger partial charge in [0.2, 0.25) is 0 Å². The van der Waals surface area contributed by atoms with Crippen LogP contribution in [0.4, 0.5) is 0 Å². The quantitative estimate of drug-likeness (QED) is 0.860. The Morgan fingerprint density at radius 1 is 1.38 bits per heavy atom. The Morgan fingerprint density at radius 2 is 2.06 bits per heavy atom. The summed E-state index contributed by atoms with van der Waals surface area (Å²) in [4.78, 5) is 0. The lowest BCUT2D eigenvalue weighted by atomic mass is 9.91. The lowest BCUT2D eigenvalue weighted by molar-refractivity contribution is 0.305. The highest BCUT2D eigenvalue weighted by molar-refractivity contribution is 5.85. The smallest absolute Gasteiger partial charge is 0.120 e. The second-order valence-electron chi connectivity index (χ2n) is 4.52. The Morgan fingerprint density at radius 3 is 2.62 bits per heavy atom. The van der Waals surface area contributed by atoms with E-state index in [-0.39, 0.29) is 12.4 Å². The van der Waals surface area contributed by atoms with Gasteiger partial charge in [0.05, 0.1) is 12.3 Å². The van der Waals surface area contributed by atoms with Gasteiger partial charge in [0.25, 0.3) is 0 Å². The van der Waals surface area contributed by atoms with Crippen molar-refractivity contribution in [3.05, 3.63) is 24.2 Å². The Balaban J connectivity index is 0.00000128. The van der Waals surface area contributed by atoms with E-state index in [4.69, 9.17) is 10.2 Å². The van der Waals surface area contributed by atoms with Crippen LogP contribution in [0.3, 0.4) is 0 Å². The molecule has 0 radical (unpaired) electrons. The molecule has 3 N–H and O–H groups in total. The fourth-order valence-corrected chi connectivity index (χ4v) is 2.26. The zero-order chi connectivity index (χ0) is 10.7. The van der Waals surface area contributed by atoms with Crippen LogP contribution in [0.5, 0.6) is 0 Å². The van der Waals surface area contributed by atoms with E-state index in [0.29, 0.717) is 18.1 Å². The van der Waals surface area contributed by atoms with Crippen molar-refractivity contribution in [1.29, 1.82) is 0 Å². The Hall–Kier alpha value is -0.510. The summed E-state index contributed by atoms with van der Waals surface area (Å²) in [5.41, 5.74) is 5.88. The van der Waals surface area contributed by atoms with Gasteiger partial charge in [-0.2, -0.15) is 0 Å². The third kappa shape index (κ3) is 3.51. The minimum Gasteiger partial charge on any atom is -0.468 e. The molecule has 1 fully saturated rings. The van der Waals surface area contributed by atoms with Gasteiger partial charge in [-0.1, -0.05) is 0 Å². The zero-order valence-corrected chi connectivity index (χ0v) is 10.5. The van der Waals surface area contributed by atoms with Crippen molar-refractivity contribution < 1.29 is 4.42 Å². The first-order valence-corrected chi connectivity index (χ1v) is 5.80. The van der Waals surface area contributed by atoms with Crippen molar-refractivity contribution in [2.75, 3.05) is 0 Å². The van der Waals surface area contributed by atoms with E-state index in [0.717, 1.165) is 18.6 Å². The molecule has 1 aromatic heterocycles. The van der Waals surface area contributed by atoms with E-state index in [9.17, 15) is 0 Å². The molecule has 2 rings (SSSR count). The summed E-state index contributed by atoms with van der Waals surface area (Å²) in [6.07, 6.45) is 6.38. The molecule has 0 spiro atoms. The molecule has 1 aliphatic carbocycles. The molecule has 92 valence electrons. The number of hydrogen-bond acceptors (Lipinski definition) is 3. The summed E-state index contributed by atoms with van der Waals surface area (Å²) in [6.45, 7) is 2.15. The van der Waals surface area contributed by atoms with Crippen molar-refractivity contribution in [2.24, 2.45) is 5.73 Å². The molecule has 1 aliphatic rings. The third-order valence-electron chi connectivity index (χ3n) is 3.23. The molecule has 1 unspecified atom stereocenters. The first-order chi connectivity index (χ1) is 7.25. The Kier molecular flexibility index (Phi) is 5.32. The van der Waals surface area contributed by atoms with Crippen LogP contribution in [0.15, 0.2) is 22.8 Å². The van der Waals surface area contributed by atoms with Gasteiger partial charge in [0.1, 0.15) is 5.76 Å². The van der Waals surface area contributed by atoms with Crippen LogP contribution in [-0.2, 0) is 0 Å². The monoisotopic (exact) mass is 244 g/mol. The molecule has 3 nitrogen and oxygen atoms in total. The van der Waals surface area contributed by atoms with Gasteiger partial charge in [-0.25, -0.2) is 0 Å². The lowest BCUT2D eigenvalue weighted by Crippen LogP contribution is -2.38. The molecule has 0 bridgehead atoms. The third-order valence-corrected chi connectivity index (χ3v) is 3.23. The van der Waals surface area contributed by atoms with E-state index in [1.807, 2.05) is 12.1 Å². The van der Waals surface area contributed by atoms with Crippen molar-refractivity contribution >= 4 is 12.4 Å². The van der Waals surface area contributed by atoms with Gasteiger partial charge in [0, 0.05) is 12.1 Å². The SMILES string of the molecule is CC(NC1CCC(N)CC1)c1ccco1.Cl. The molecular formula is C12H21ClN2O. The van der Waals surface area contributed by atoms with Crippen LogP contribution in [0, 0.1) is 0 Å². The molecule has 0 aromatic carbocycles. The molecule has 1 aromatic rings. The molecule has 4 heteroatoms. The maximum atomic E-state index is 5.88. The maximum Gasteiger partial charge on any atom is 0.120 e. The predicted molar refractivity (Wildman–Crippen MR) is 67.7 cm³/mol. The van der Waals surface area contributed by atoms with Crippen molar-refractivity contribution in [3.63, 3.8) is 0 Å². The van der Waals surface area contributed by atoms with Gasteiger partial charge < -0.3 is 15.5 Å². The minimum atomic E-state index is 0. The lowest BCUT2D eigenvalue weighted by Gasteiger charge is -2.28. The summed E-state index contributed by atoms with van der Waals surface area (Å²) in [5.74, 6) is 1.02. The number of nitrogens with one attached hydrogen (secondary N) is 1. The summed E-state index contributed by atoms with van der Waals surface area (Å²) in [7, 11) is 0. The van der Waals surface area contributed by atoms with Crippen LogP contribution >= 0.6 is 12.4 Å². The molecule has 0 aliphatic heterocycles. The number of halogens is 1. The maximum absolute atomic E-state index is 5.88. The van der Waals surface area contributed by atoms with Crippen LogP contribution in [0.2, 0.25) is 0 Å². The van der Waals surface area contributed by atoms with E-state index >= 15 is 0 Å². The Bertz CT molecular complexity index is 281. The van der Waals surface area contributed by atoms with E-state index in [1.54, 1.807) is 6.26 Å². The fourth-order valence-electron chi connectivity index (χ4n) is 2.26. The summed E-state index contributed by atoms with van der Waals surface area (Å²) < 4.78 is 5.37. The predicted octanol–water partition coefficient (Wildman–Crippen LogP) is 2.62. The van der Waals surface area contributed by atoms with Crippen molar-refractivity contribution in [3.8, 4) is 0 Å². The summed E-state index contributed by atoms with van der Waals surface area (Å²) >= 11 is 0. The van der Waals surface area contributed by atoms with Gasteiger partial charge in [0.15, 0.2) is 0 Å². The van der Waals surface area contributed by atoms with Gasteiger partial charge in [-0.15, -0.1) is 12.4 Å². The highest BCUT2D eigenvalue weighted by Crippen LogP contribution is 2.21. The average molecular weight is 245 g/mol. The average Bonchev–Trinajstić information content (AvgIpc) is 2.74. The molecule has 16 heavy (non-hydrogen) atoms. The summed E-state index contributed by atoms with van der Waals surface area (Å²) in [5, 5.41) is 3.59. The molecular weight excluding hydrogens is 224 g/mol. The standard InChI is InChI=1S/C12H20N2O.ClH/c1-9(12-3-2-8-15-12)14-11-6-4-10(13)5-7-11;/h2-3,8-11,14H,4-7,13H2,1H3;1H. The summed E-state index contributed by atoms with van der Waals surface area (Å²) in [6, 6.07) is 5.28. The van der Waals surface area contributed by atoms with E-state index in [2.05, 4.69) is 12.2 Å². The first-order valence-electron chi connectivity index (χ1n) is 5.80. The van der Waals surface area contributed by atoms with Crippen molar-refractivity contribution in [2.45, 2.75) is 50.7 Å². The van der Waals surface area contributed by atoms with E-state index in [1.165, 1.54) is 12.8 Å². The second kappa shape index (κ2) is 6.28. The number of furan rings is 1. The van der Waals surface area contributed by atoms with Crippen molar-refractivity contribution in [1.82, 2.24) is 5.32 Å². The molecule has 1 saturated carbocycles. The minimum absolute atomic E-state index is 0. The highest BCUT2D eigenvalue weighted by atomic mass is 35.5. The normalized spacial score (nSPS) is 27.1.